The highest BCUT2D eigenvalue weighted by molar-refractivity contribution is 6.99. The fraction of sp³-hybridized carbons (Fsp3) is 0.375. The molecule has 0 aliphatic carbocycles. The minimum Gasteiger partial charge on any atom is -0.446 e. The second-order valence-corrected chi connectivity index (χ2v) is 15.7. The van der Waals surface area contributed by atoms with Crippen molar-refractivity contribution in [2.45, 2.75) is 52.1 Å². The summed E-state index contributed by atoms with van der Waals surface area (Å²) in [6, 6.07) is 30.4. The smallest absolute Gasteiger partial charge is 0.417 e. The van der Waals surface area contributed by atoms with E-state index in [4.69, 9.17) is 9.16 Å². The summed E-state index contributed by atoms with van der Waals surface area (Å²) in [5.41, 5.74) is 0.905. The molecular weight excluding hydrogens is 490 g/mol. The molecule has 0 aromatic heterocycles. The number of imide groups is 1. The normalized spacial score (nSPS) is 17.7. The third kappa shape index (κ3) is 5.61. The summed E-state index contributed by atoms with van der Waals surface area (Å²) in [6.07, 6.45) is -0.309. The van der Waals surface area contributed by atoms with Gasteiger partial charge >= 0.3 is 6.09 Å². The van der Waals surface area contributed by atoms with Gasteiger partial charge in [0.05, 0.1) is 0 Å². The Hall–Kier alpha value is -3.22. The zero-order valence-electron chi connectivity index (χ0n) is 23.1. The molecule has 1 heterocycles. The molecule has 2 amide bonds. The standard InChI is InChI=1S/C32H39NO4Si/c1-24(21-30(34)33-29(23-36-31(33)35)26-15-9-6-10-16-26)25(2)22-37-38(32(3,4)5,27-17-11-7-12-18-27)28-19-13-8-14-20-28/h6-20,24-25,29H,21-23H2,1-5H3/t24-,25+,29+/m0/s1. The second-order valence-electron chi connectivity index (χ2n) is 11.4. The number of hydrogen-bond donors (Lipinski definition) is 0. The molecule has 1 saturated heterocycles. The van der Waals surface area contributed by atoms with Gasteiger partial charge in [0.25, 0.3) is 8.32 Å². The molecule has 0 radical (unpaired) electrons. The van der Waals surface area contributed by atoms with Gasteiger partial charge < -0.3 is 9.16 Å². The lowest BCUT2D eigenvalue weighted by Crippen LogP contribution is -2.67. The Morgan fingerprint density at radius 3 is 1.89 bits per heavy atom. The van der Waals surface area contributed by atoms with Gasteiger partial charge in [0.2, 0.25) is 5.91 Å². The number of amides is 2. The highest BCUT2D eigenvalue weighted by atomic mass is 28.4. The van der Waals surface area contributed by atoms with Gasteiger partial charge in [-0.2, -0.15) is 0 Å². The number of cyclic esters (lactones) is 1. The SMILES string of the molecule is C[C@H](CO[Si](c1ccccc1)(c1ccccc1)C(C)(C)C)[C@@H](C)CC(=O)N1C(=O)OC[C@@H]1c1ccccc1. The first-order valence-corrected chi connectivity index (χ1v) is 15.3. The summed E-state index contributed by atoms with van der Waals surface area (Å²) >= 11 is 0. The van der Waals surface area contributed by atoms with Gasteiger partial charge in [0.15, 0.2) is 0 Å². The molecule has 1 aliphatic heterocycles. The highest BCUT2D eigenvalue weighted by Crippen LogP contribution is 2.37. The molecular formula is C32H39NO4Si. The summed E-state index contributed by atoms with van der Waals surface area (Å²) < 4.78 is 12.4. The minimum atomic E-state index is -2.66. The van der Waals surface area contributed by atoms with Crippen molar-refractivity contribution in [1.82, 2.24) is 4.90 Å². The molecule has 200 valence electrons. The van der Waals surface area contributed by atoms with Gasteiger partial charge in [-0.25, -0.2) is 9.69 Å². The Bertz CT molecular complexity index is 1170. The Morgan fingerprint density at radius 1 is 0.895 bits per heavy atom. The fourth-order valence-electron chi connectivity index (χ4n) is 5.37. The van der Waals surface area contributed by atoms with Gasteiger partial charge in [-0.3, -0.25) is 4.79 Å². The van der Waals surface area contributed by atoms with Gasteiger partial charge in [0.1, 0.15) is 12.6 Å². The first-order chi connectivity index (χ1) is 18.1. The topological polar surface area (TPSA) is 55.8 Å². The van der Waals surface area contributed by atoms with Crippen molar-refractivity contribution in [3.63, 3.8) is 0 Å². The van der Waals surface area contributed by atoms with Crippen LogP contribution in [0.1, 0.15) is 52.6 Å². The van der Waals surface area contributed by atoms with Crippen LogP contribution in [0.4, 0.5) is 4.79 Å². The van der Waals surface area contributed by atoms with Crippen LogP contribution in [0.3, 0.4) is 0 Å². The van der Waals surface area contributed by atoms with Gasteiger partial charge in [-0.1, -0.05) is 126 Å². The third-order valence-electron chi connectivity index (χ3n) is 7.77. The summed E-state index contributed by atoms with van der Waals surface area (Å²) in [7, 11) is -2.66. The Kier molecular flexibility index (Phi) is 8.53. The average molecular weight is 530 g/mol. The molecule has 38 heavy (non-hydrogen) atoms. The molecule has 0 bridgehead atoms. The predicted molar refractivity (Wildman–Crippen MR) is 154 cm³/mol. The Balaban J connectivity index is 1.52. The van der Waals surface area contributed by atoms with Crippen LogP contribution in [0.2, 0.25) is 5.04 Å². The lowest BCUT2D eigenvalue weighted by Gasteiger charge is -2.44. The molecule has 6 heteroatoms. The molecule has 3 atom stereocenters. The fourth-order valence-corrected chi connectivity index (χ4v) is 10.0. The van der Waals surface area contributed by atoms with Crippen LogP contribution in [0.5, 0.6) is 0 Å². The number of carbonyl (C=O) groups is 2. The van der Waals surface area contributed by atoms with E-state index in [1.165, 1.54) is 15.3 Å². The van der Waals surface area contributed by atoms with E-state index in [-0.39, 0.29) is 41.9 Å². The van der Waals surface area contributed by atoms with Crippen LogP contribution >= 0.6 is 0 Å². The molecule has 1 fully saturated rings. The monoisotopic (exact) mass is 529 g/mol. The van der Waals surface area contributed by atoms with Crippen LogP contribution in [0.15, 0.2) is 91.0 Å². The van der Waals surface area contributed by atoms with Crippen molar-refractivity contribution in [2.24, 2.45) is 11.8 Å². The maximum absolute atomic E-state index is 13.4. The first-order valence-electron chi connectivity index (χ1n) is 13.4. The van der Waals surface area contributed by atoms with Gasteiger partial charge in [0, 0.05) is 13.0 Å². The minimum absolute atomic E-state index is 0.0190. The summed E-state index contributed by atoms with van der Waals surface area (Å²) in [5.74, 6) is -0.0777. The highest BCUT2D eigenvalue weighted by Gasteiger charge is 2.50. The van der Waals surface area contributed by atoms with Crippen LogP contribution in [-0.2, 0) is 14.0 Å². The van der Waals surface area contributed by atoms with E-state index in [0.29, 0.717) is 6.61 Å². The van der Waals surface area contributed by atoms with Crippen molar-refractivity contribution in [2.75, 3.05) is 13.2 Å². The average Bonchev–Trinajstić information content (AvgIpc) is 3.31. The maximum Gasteiger partial charge on any atom is 0.417 e. The second kappa shape index (κ2) is 11.7. The Labute approximate surface area is 227 Å². The van der Waals surface area contributed by atoms with E-state index in [1.54, 1.807) is 0 Å². The van der Waals surface area contributed by atoms with Gasteiger partial charge in [-0.05, 0) is 32.8 Å². The van der Waals surface area contributed by atoms with Gasteiger partial charge in [-0.15, -0.1) is 0 Å². The van der Waals surface area contributed by atoms with Crippen LogP contribution < -0.4 is 10.4 Å². The van der Waals surface area contributed by atoms with Crippen LogP contribution in [-0.4, -0.2) is 38.4 Å². The van der Waals surface area contributed by atoms with E-state index in [0.717, 1.165) is 5.56 Å². The molecule has 0 saturated carbocycles. The maximum atomic E-state index is 13.4. The molecule has 4 rings (SSSR count). The molecule has 0 N–H and O–H groups in total. The van der Waals surface area contributed by atoms with Crippen molar-refractivity contribution in [3.8, 4) is 0 Å². The number of hydrogen-bond acceptors (Lipinski definition) is 4. The Morgan fingerprint density at radius 2 is 1.39 bits per heavy atom. The summed E-state index contributed by atoms with van der Waals surface area (Å²) in [4.78, 5) is 27.1. The largest absolute Gasteiger partial charge is 0.446 e. The number of carbonyl (C=O) groups excluding carboxylic acids is 2. The van der Waals surface area contributed by atoms with Crippen LogP contribution in [0.25, 0.3) is 0 Å². The lowest BCUT2D eigenvalue weighted by atomic mass is 9.93. The van der Waals surface area contributed by atoms with Crippen molar-refractivity contribution in [3.05, 3.63) is 96.6 Å². The predicted octanol–water partition coefficient (Wildman–Crippen LogP) is 5.95. The van der Waals surface area contributed by atoms with Crippen LogP contribution in [0, 0.1) is 11.8 Å². The van der Waals surface area contributed by atoms with Crippen molar-refractivity contribution >= 4 is 30.7 Å². The first kappa shape index (κ1) is 27.8. The van der Waals surface area contributed by atoms with E-state index < -0.39 is 14.4 Å². The van der Waals surface area contributed by atoms with E-state index in [2.05, 4.69) is 83.1 Å². The van der Waals surface area contributed by atoms with E-state index in [1.807, 2.05) is 42.5 Å². The number of ether oxygens (including phenoxy) is 1. The molecule has 5 nitrogen and oxygen atoms in total. The lowest BCUT2D eigenvalue weighted by molar-refractivity contribution is -0.130. The summed E-state index contributed by atoms with van der Waals surface area (Å²) in [6.45, 7) is 11.7. The number of nitrogens with zero attached hydrogens (tertiary/aromatic N) is 1. The molecule has 0 spiro atoms. The van der Waals surface area contributed by atoms with Crippen molar-refractivity contribution < 1.29 is 18.8 Å². The molecule has 1 aliphatic rings. The van der Waals surface area contributed by atoms with E-state index >= 15 is 0 Å². The quantitative estimate of drug-likeness (QED) is 0.322. The van der Waals surface area contributed by atoms with E-state index in [9.17, 15) is 9.59 Å². The molecule has 3 aromatic rings. The molecule has 3 aromatic carbocycles. The van der Waals surface area contributed by atoms with Crippen molar-refractivity contribution in [1.29, 1.82) is 0 Å². The zero-order valence-corrected chi connectivity index (χ0v) is 24.1. The number of rotatable bonds is 9. The molecule has 0 unspecified atom stereocenters. The zero-order chi connectivity index (χ0) is 27.3. The summed E-state index contributed by atoms with van der Waals surface area (Å²) in [5, 5.41) is 2.36. The number of benzene rings is 3. The third-order valence-corrected chi connectivity index (χ3v) is 12.8.